The van der Waals surface area contributed by atoms with Gasteiger partial charge in [0.25, 0.3) is 5.91 Å². The second-order valence-corrected chi connectivity index (χ2v) is 5.96. The first kappa shape index (κ1) is 17.3. The van der Waals surface area contributed by atoms with E-state index in [4.69, 9.17) is 9.47 Å². The summed E-state index contributed by atoms with van der Waals surface area (Å²) in [4.78, 5) is 39.0. The van der Waals surface area contributed by atoms with E-state index in [-0.39, 0.29) is 37.1 Å². The summed E-state index contributed by atoms with van der Waals surface area (Å²) in [7, 11) is 0. The van der Waals surface area contributed by atoms with Gasteiger partial charge in [0, 0.05) is 26.1 Å². The average molecular weight is 350 g/mol. The molecule has 2 heterocycles. The highest BCUT2D eigenvalue weighted by Gasteiger charge is 2.37. The summed E-state index contributed by atoms with van der Waals surface area (Å²) in [5.41, 5.74) is 0.146. The Morgan fingerprint density at radius 3 is 2.68 bits per heavy atom. The summed E-state index contributed by atoms with van der Waals surface area (Å²) in [5.74, 6) is -2.47. The van der Waals surface area contributed by atoms with Crippen LogP contribution in [0, 0.1) is 11.7 Å². The van der Waals surface area contributed by atoms with Gasteiger partial charge in [0.1, 0.15) is 5.82 Å². The molecular formula is C17H19FN2O5. The molecule has 134 valence electrons. The zero-order valence-corrected chi connectivity index (χ0v) is 13.7. The number of ether oxygens (including phenoxy) is 2. The Morgan fingerprint density at radius 1 is 1.24 bits per heavy atom. The summed E-state index contributed by atoms with van der Waals surface area (Å²) in [6.45, 7) is 1.56. The van der Waals surface area contributed by atoms with Gasteiger partial charge in [0.15, 0.2) is 6.61 Å². The number of nitrogens with zero attached hydrogens (tertiary/aromatic N) is 2. The summed E-state index contributed by atoms with van der Waals surface area (Å²) >= 11 is 0. The van der Waals surface area contributed by atoms with Crippen LogP contribution in [0.25, 0.3) is 0 Å². The van der Waals surface area contributed by atoms with Crippen molar-refractivity contribution in [1.29, 1.82) is 0 Å². The number of carbonyl (C=O) groups is 3. The summed E-state index contributed by atoms with van der Waals surface area (Å²) in [6, 6.07) is 5.90. The van der Waals surface area contributed by atoms with Gasteiger partial charge >= 0.3 is 5.97 Å². The van der Waals surface area contributed by atoms with Crippen molar-refractivity contribution in [2.24, 2.45) is 5.92 Å². The molecule has 0 N–H and O–H groups in total. The summed E-state index contributed by atoms with van der Waals surface area (Å²) < 4.78 is 24.0. The van der Waals surface area contributed by atoms with Gasteiger partial charge in [0.2, 0.25) is 5.91 Å². The third-order valence-corrected chi connectivity index (χ3v) is 4.30. The molecule has 0 bridgehead atoms. The number of esters is 1. The van der Waals surface area contributed by atoms with Crippen LogP contribution in [-0.4, -0.2) is 62.1 Å². The average Bonchev–Trinajstić information content (AvgIpc) is 3.02. The highest BCUT2D eigenvalue weighted by Crippen LogP contribution is 2.27. The molecule has 3 rings (SSSR count). The lowest BCUT2D eigenvalue weighted by atomic mass is 10.1. The quantitative estimate of drug-likeness (QED) is 0.743. The fourth-order valence-corrected chi connectivity index (χ4v) is 2.92. The van der Waals surface area contributed by atoms with Crippen LogP contribution in [0.5, 0.6) is 0 Å². The molecule has 7 nitrogen and oxygen atoms in total. The molecule has 0 aliphatic carbocycles. The predicted molar refractivity (Wildman–Crippen MR) is 85.2 cm³/mol. The minimum Gasteiger partial charge on any atom is -0.455 e. The lowest BCUT2D eigenvalue weighted by Crippen LogP contribution is -2.43. The Bertz CT molecular complexity index is 675. The highest BCUT2D eigenvalue weighted by atomic mass is 19.1. The van der Waals surface area contributed by atoms with Gasteiger partial charge in [-0.3, -0.25) is 14.4 Å². The van der Waals surface area contributed by atoms with Crippen molar-refractivity contribution in [2.75, 3.05) is 44.4 Å². The van der Waals surface area contributed by atoms with E-state index in [0.29, 0.717) is 26.3 Å². The zero-order valence-electron chi connectivity index (χ0n) is 13.7. The molecule has 1 aromatic rings. The van der Waals surface area contributed by atoms with Crippen LogP contribution in [0.4, 0.5) is 10.1 Å². The third kappa shape index (κ3) is 3.96. The number of hydrogen-bond donors (Lipinski definition) is 0. The Labute approximate surface area is 144 Å². The van der Waals surface area contributed by atoms with Gasteiger partial charge in [-0.25, -0.2) is 4.39 Å². The maximum atomic E-state index is 13.8. The number of benzene rings is 1. The summed E-state index contributed by atoms with van der Waals surface area (Å²) in [6.07, 6.45) is -0.0566. The molecule has 2 aliphatic rings. The minimum atomic E-state index is -0.704. The van der Waals surface area contributed by atoms with E-state index < -0.39 is 17.7 Å². The van der Waals surface area contributed by atoms with E-state index >= 15 is 0 Å². The number of rotatable bonds is 4. The standard InChI is InChI=1S/C17H19FN2O5/c18-13-3-1-2-4-14(13)20-10-12(9-15(20)21)17(23)25-11-16(22)19-5-7-24-8-6-19/h1-4,12H,5-11H2/t12-/m0/s1. The van der Waals surface area contributed by atoms with E-state index in [2.05, 4.69) is 0 Å². The molecule has 25 heavy (non-hydrogen) atoms. The maximum absolute atomic E-state index is 13.8. The molecule has 2 amide bonds. The van der Waals surface area contributed by atoms with Crippen LogP contribution < -0.4 is 4.90 Å². The zero-order chi connectivity index (χ0) is 17.8. The Morgan fingerprint density at radius 2 is 1.96 bits per heavy atom. The number of carbonyl (C=O) groups excluding carboxylic acids is 3. The lowest BCUT2D eigenvalue weighted by Gasteiger charge is -2.26. The molecule has 2 fully saturated rings. The molecule has 0 spiro atoms. The Balaban J connectivity index is 1.54. The first-order valence-corrected chi connectivity index (χ1v) is 8.13. The van der Waals surface area contributed by atoms with E-state index in [1.807, 2.05) is 0 Å². The van der Waals surface area contributed by atoms with E-state index in [0.717, 1.165) is 0 Å². The molecule has 2 aliphatic heterocycles. The van der Waals surface area contributed by atoms with Crippen LogP contribution in [0.2, 0.25) is 0 Å². The van der Waals surface area contributed by atoms with Crippen molar-refractivity contribution in [3.8, 4) is 0 Å². The second kappa shape index (κ2) is 7.60. The maximum Gasteiger partial charge on any atom is 0.311 e. The van der Waals surface area contributed by atoms with Crippen molar-refractivity contribution in [1.82, 2.24) is 4.90 Å². The van der Waals surface area contributed by atoms with E-state index in [1.165, 1.54) is 23.1 Å². The fraction of sp³-hybridized carbons (Fsp3) is 0.471. The number of amides is 2. The van der Waals surface area contributed by atoms with Crippen LogP contribution in [0.1, 0.15) is 6.42 Å². The van der Waals surface area contributed by atoms with Crippen molar-refractivity contribution in [3.63, 3.8) is 0 Å². The van der Waals surface area contributed by atoms with Gasteiger partial charge in [-0.2, -0.15) is 0 Å². The minimum absolute atomic E-state index is 0.0460. The topological polar surface area (TPSA) is 76.1 Å². The van der Waals surface area contributed by atoms with Gasteiger partial charge < -0.3 is 19.3 Å². The van der Waals surface area contributed by atoms with Crippen LogP contribution in [0.3, 0.4) is 0 Å². The van der Waals surface area contributed by atoms with Gasteiger partial charge in [-0.05, 0) is 12.1 Å². The van der Waals surface area contributed by atoms with E-state index in [9.17, 15) is 18.8 Å². The van der Waals surface area contributed by atoms with Gasteiger partial charge in [-0.15, -0.1) is 0 Å². The molecule has 8 heteroatoms. The first-order chi connectivity index (χ1) is 12.1. The molecule has 1 atom stereocenters. The predicted octanol–water partition coefficient (Wildman–Crippen LogP) is 0.581. The fourth-order valence-electron chi connectivity index (χ4n) is 2.92. The number of morpholine rings is 1. The molecule has 0 unspecified atom stereocenters. The Kier molecular flexibility index (Phi) is 5.28. The van der Waals surface area contributed by atoms with Crippen LogP contribution >= 0.6 is 0 Å². The molecule has 0 radical (unpaired) electrons. The lowest BCUT2D eigenvalue weighted by molar-refractivity contribution is -0.156. The second-order valence-electron chi connectivity index (χ2n) is 5.96. The normalized spacial score (nSPS) is 20.7. The number of anilines is 1. The van der Waals surface area contributed by atoms with Gasteiger partial charge in [0.05, 0.1) is 24.8 Å². The smallest absolute Gasteiger partial charge is 0.311 e. The molecule has 0 aromatic heterocycles. The van der Waals surface area contributed by atoms with Crippen LogP contribution in [0.15, 0.2) is 24.3 Å². The SMILES string of the molecule is O=C(OCC(=O)N1CCOCC1)[C@H]1CC(=O)N(c2ccccc2F)C1. The largest absolute Gasteiger partial charge is 0.455 e. The molecule has 1 aromatic carbocycles. The van der Waals surface area contributed by atoms with Gasteiger partial charge in [-0.1, -0.05) is 12.1 Å². The van der Waals surface area contributed by atoms with Crippen molar-refractivity contribution < 1.29 is 28.2 Å². The molecular weight excluding hydrogens is 331 g/mol. The number of para-hydroxylation sites is 1. The number of hydrogen-bond acceptors (Lipinski definition) is 5. The monoisotopic (exact) mass is 350 g/mol. The van der Waals surface area contributed by atoms with Crippen LogP contribution in [-0.2, 0) is 23.9 Å². The summed E-state index contributed by atoms with van der Waals surface area (Å²) in [5, 5.41) is 0. The molecule has 0 saturated carbocycles. The Hall–Kier alpha value is -2.48. The number of halogens is 1. The van der Waals surface area contributed by atoms with Crippen molar-refractivity contribution >= 4 is 23.5 Å². The van der Waals surface area contributed by atoms with E-state index in [1.54, 1.807) is 11.0 Å². The molecule has 2 saturated heterocycles. The highest BCUT2D eigenvalue weighted by molar-refractivity contribution is 5.99. The van der Waals surface area contributed by atoms with Crippen molar-refractivity contribution in [2.45, 2.75) is 6.42 Å². The first-order valence-electron chi connectivity index (χ1n) is 8.13. The van der Waals surface area contributed by atoms with Crippen molar-refractivity contribution in [3.05, 3.63) is 30.1 Å². The third-order valence-electron chi connectivity index (χ3n) is 4.30.